The lowest BCUT2D eigenvalue weighted by Crippen LogP contribution is -2.40. The molecule has 0 aromatic heterocycles. The van der Waals surface area contributed by atoms with Crippen LogP contribution < -0.4 is 9.80 Å². The van der Waals surface area contributed by atoms with E-state index in [1.165, 1.54) is 6.92 Å². The third kappa shape index (κ3) is 2.89. The number of rotatable bonds is 5. The highest BCUT2D eigenvalue weighted by atomic mass is 35.5. The van der Waals surface area contributed by atoms with Crippen LogP contribution in [0.25, 0.3) is 0 Å². The molecule has 0 N–H and O–H groups in total. The zero-order valence-corrected chi connectivity index (χ0v) is 12.7. The summed E-state index contributed by atoms with van der Waals surface area (Å²) in [7, 11) is 0. The number of benzene rings is 1. The van der Waals surface area contributed by atoms with Gasteiger partial charge in [0.05, 0.1) is 29.6 Å². The fraction of sp³-hybridized carbons (Fsp3) is 0.455. The van der Waals surface area contributed by atoms with Gasteiger partial charge in [-0.25, -0.2) is 5.06 Å². The maximum Gasteiger partial charge on any atom is 0.421 e. The van der Waals surface area contributed by atoms with Crippen LogP contribution in [0.15, 0.2) is 0 Å². The van der Waals surface area contributed by atoms with Crippen LogP contribution in [-0.4, -0.2) is 29.6 Å². The first-order valence-electron chi connectivity index (χ1n) is 6.39. The minimum atomic E-state index is -5.20. The van der Waals surface area contributed by atoms with Crippen LogP contribution in [0.1, 0.15) is 12.5 Å². The molecule has 1 aliphatic rings. The summed E-state index contributed by atoms with van der Waals surface area (Å²) < 4.78 is 44.7. The van der Waals surface area contributed by atoms with Gasteiger partial charge in [-0.2, -0.15) is 13.2 Å². The second kappa shape index (κ2) is 6.28. The molecule has 0 unspecified atom stereocenters. The van der Waals surface area contributed by atoms with Crippen LogP contribution in [0.5, 0.6) is 5.75 Å². The van der Waals surface area contributed by atoms with E-state index >= 15 is 0 Å². The largest absolute Gasteiger partial charge is 0.487 e. The molecule has 132 valence electrons. The number of hydrogen-bond acceptors (Lipinski definition) is 7. The highest BCUT2D eigenvalue weighted by Gasteiger charge is 2.49. The molecule has 1 heterocycles. The van der Waals surface area contributed by atoms with Crippen molar-refractivity contribution in [1.82, 2.24) is 0 Å². The van der Waals surface area contributed by atoms with Crippen molar-refractivity contribution in [2.45, 2.75) is 13.1 Å². The van der Waals surface area contributed by atoms with Crippen molar-refractivity contribution in [2.75, 3.05) is 24.8 Å². The normalized spacial score (nSPS) is 14.3. The number of ether oxygens (including phenoxy) is 1. The first-order valence-corrected chi connectivity index (χ1v) is 6.77. The smallest absolute Gasteiger partial charge is 0.421 e. The number of hydroxylamine groups is 1. The lowest BCUT2D eigenvalue weighted by atomic mass is 10.1. The topological polar surface area (TPSA) is 108 Å². The minimum Gasteiger partial charge on any atom is -0.487 e. The Bertz CT molecular complexity index is 707. The molecule has 0 amide bonds. The molecule has 1 aromatic rings. The van der Waals surface area contributed by atoms with Crippen LogP contribution in [0.2, 0.25) is 5.02 Å². The van der Waals surface area contributed by atoms with Gasteiger partial charge in [0, 0.05) is 0 Å². The molecular formula is C11H9ClF3N3O6. The molecule has 0 saturated carbocycles. The lowest BCUT2D eigenvalue weighted by Gasteiger charge is -2.31. The van der Waals surface area contributed by atoms with E-state index in [2.05, 4.69) is 0 Å². The first-order chi connectivity index (χ1) is 11.1. The number of nitro groups is 2. The van der Waals surface area contributed by atoms with E-state index in [1.807, 2.05) is 0 Å². The van der Waals surface area contributed by atoms with E-state index in [-0.39, 0.29) is 19.8 Å². The Balaban J connectivity index is 2.98. The molecule has 2 rings (SSSR count). The quantitative estimate of drug-likeness (QED) is 0.577. The molecule has 0 bridgehead atoms. The van der Waals surface area contributed by atoms with E-state index in [9.17, 15) is 33.4 Å². The second-order valence-electron chi connectivity index (χ2n) is 4.44. The van der Waals surface area contributed by atoms with Crippen molar-refractivity contribution < 1.29 is 32.6 Å². The Kier molecular flexibility index (Phi) is 4.71. The fourth-order valence-corrected chi connectivity index (χ4v) is 2.48. The summed E-state index contributed by atoms with van der Waals surface area (Å²) in [5.41, 5.74) is -5.04. The predicted molar refractivity (Wildman–Crippen MR) is 74.2 cm³/mol. The van der Waals surface area contributed by atoms with Gasteiger partial charge in [-0.1, -0.05) is 11.6 Å². The minimum absolute atomic E-state index is 0.00887. The van der Waals surface area contributed by atoms with Crippen molar-refractivity contribution >= 4 is 28.7 Å². The van der Waals surface area contributed by atoms with Crippen molar-refractivity contribution in [3.05, 3.63) is 30.8 Å². The maximum absolute atomic E-state index is 13.3. The van der Waals surface area contributed by atoms with Gasteiger partial charge in [0.25, 0.3) is 0 Å². The fourth-order valence-electron chi connectivity index (χ4n) is 2.13. The van der Waals surface area contributed by atoms with Crippen LogP contribution in [-0.2, 0) is 11.0 Å². The van der Waals surface area contributed by atoms with Crippen molar-refractivity contribution in [1.29, 1.82) is 0 Å². The van der Waals surface area contributed by atoms with Crippen LogP contribution in [0.3, 0.4) is 0 Å². The molecular weight excluding hydrogens is 363 g/mol. The number of nitro benzene ring substituents is 2. The zero-order chi connectivity index (χ0) is 18.2. The second-order valence-corrected chi connectivity index (χ2v) is 4.82. The number of halogens is 4. The van der Waals surface area contributed by atoms with E-state index in [0.29, 0.717) is 0 Å². The zero-order valence-electron chi connectivity index (χ0n) is 11.9. The lowest BCUT2D eigenvalue weighted by molar-refractivity contribution is -0.394. The molecule has 13 heteroatoms. The van der Waals surface area contributed by atoms with E-state index < -0.39 is 49.4 Å². The molecule has 0 radical (unpaired) electrons. The average Bonchev–Trinajstić information content (AvgIpc) is 2.33. The highest BCUT2D eigenvalue weighted by molar-refractivity contribution is 6.34. The molecule has 1 aromatic carbocycles. The Morgan fingerprint density at radius 3 is 2.17 bits per heavy atom. The Morgan fingerprint density at radius 2 is 1.83 bits per heavy atom. The molecule has 9 nitrogen and oxygen atoms in total. The summed E-state index contributed by atoms with van der Waals surface area (Å²) >= 11 is 5.59. The van der Waals surface area contributed by atoms with Gasteiger partial charge < -0.3 is 4.74 Å². The van der Waals surface area contributed by atoms with Crippen LogP contribution in [0, 0.1) is 20.2 Å². The highest BCUT2D eigenvalue weighted by Crippen LogP contribution is 2.56. The van der Waals surface area contributed by atoms with Crippen LogP contribution >= 0.6 is 11.6 Å². The molecule has 1 aliphatic heterocycles. The maximum atomic E-state index is 13.3. The molecule has 24 heavy (non-hydrogen) atoms. The first kappa shape index (κ1) is 18.0. The third-order valence-electron chi connectivity index (χ3n) is 3.05. The summed E-state index contributed by atoms with van der Waals surface area (Å²) in [6, 6.07) is 0. The van der Waals surface area contributed by atoms with Gasteiger partial charge >= 0.3 is 17.6 Å². The van der Waals surface area contributed by atoms with Crippen molar-refractivity contribution in [2.24, 2.45) is 0 Å². The predicted octanol–water partition coefficient (Wildman–Crippen LogP) is 3.33. The number of anilines is 1. The van der Waals surface area contributed by atoms with Gasteiger partial charge in [-0.3, -0.25) is 25.1 Å². The summed E-state index contributed by atoms with van der Waals surface area (Å²) in [6.45, 7) is 1.06. The monoisotopic (exact) mass is 371 g/mol. The van der Waals surface area contributed by atoms with Gasteiger partial charge in [0.1, 0.15) is 10.6 Å². The number of nitrogens with zero attached hydrogens (tertiary/aromatic N) is 3. The van der Waals surface area contributed by atoms with E-state index in [0.717, 1.165) is 5.06 Å². The van der Waals surface area contributed by atoms with Crippen LogP contribution in [0.4, 0.5) is 30.2 Å². The van der Waals surface area contributed by atoms with Gasteiger partial charge in [-0.15, -0.1) is 0 Å². The Labute approximate surface area is 136 Å². The SMILES string of the molecule is CCOc1c([N+](=O)[O-])c(N2CCO2)c([N+](=O)[O-])c(Cl)c1C(F)(F)F. The Hall–Kier alpha value is -2.34. The standard InChI is InChI=1S/C11H9ClF3N3O6/c1-2-23-10-5(11(13,14)15)6(12)7(17(19)20)8(9(10)18(21)22)16-3-4-24-16/h2-4H2,1H3. The molecule has 0 spiro atoms. The van der Waals surface area contributed by atoms with Gasteiger partial charge in [0.2, 0.25) is 11.4 Å². The number of alkyl halides is 3. The average molecular weight is 372 g/mol. The molecule has 0 aliphatic carbocycles. The summed E-state index contributed by atoms with van der Waals surface area (Å²) in [5.74, 6) is -1.18. The summed E-state index contributed by atoms with van der Waals surface area (Å²) in [6.07, 6.45) is -5.20. The summed E-state index contributed by atoms with van der Waals surface area (Å²) in [5, 5.41) is 22.0. The van der Waals surface area contributed by atoms with Crippen molar-refractivity contribution in [3.8, 4) is 5.75 Å². The third-order valence-corrected chi connectivity index (χ3v) is 3.41. The molecule has 1 saturated heterocycles. The van der Waals surface area contributed by atoms with E-state index in [1.54, 1.807) is 0 Å². The summed E-state index contributed by atoms with van der Waals surface area (Å²) in [4.78, 5) is 25.0. The number of hydrogen-bond donors (Lipinski definition) is 0. The van der Waals surface area contributed by atoms with Crippen molar-refractivity contribution in [3.63, 3.8) is 0 Å². The van der Waals surface area contributed by atoms with Gasteiger partial charge in [0.15, 0.2) is 0 Å². The molecule has 0 atom stereocenters. The Morgan fingerprint density at radius 1 is 1.29 bits per heavy atom. The van der Waals surface area contributed by atoms with E-state index in [4.69, 9.17) is 21.2 Å². The van der Waals surface area contributed by atoms with Gasteiger partial charge in [-0.05, 0) is 6.92 Å². The molecule has 1 fully saturated rings.